The Kier molecular flexibility index (Phi) is 7.52. The number of hydrogen-bond donors (Lipinski definition) is 1. The lowest BCUT2D eigenvalue weighted by Crippen LogP contribution is -2.29. The Morgan fingerprint density at radius 3 is 2.19 bits per heavy atom. The third kappa shape index (κ3) is 5.79. The largest absolute Gasteiger partial charge is 0.346 e. The molecule has 1 unspecified atom stereocenters. The van der Waals surface area contributed by atoms with Crippen LogP contribution in [0.15, 0.2) is 65.6 Å². The summed E-state index contributed by atoms with van der Waals surface area (Å²) in [5, 5.41) is 3.07. The first-order valence-electron chi connectivity index (χ1n) is 11.8. The fourth-order valence-corrected chi connectivity index (χ4v) is 5.64. The normalized spacial score (nSPS) is 14.5. The van der Waals surface area contributed by atoms with Gasteiger partial charge in [-0.2, -0.15) is 0 Å². The number of nitrogens with zero attached hydrogens (tertiary/aromatic N) is 1. The van der Waals surface area contributed by atoms with E-state index in [0.29, 0.717) is 29.8 Å². The van der Waals surface area contributed by atoms with Crippen molar-refractivity contribution in [3.63, 3.8) is 0 Å². The molecule has 1 aliphatic heterocycles. The van der Waals surface area contributed by atoms with Gasteiger partial charge in [-0.1, -0.05) is 47.5 Å². The van der Waals surface area contributed by atoms with Crippen molar-refractivity contribution in [3.8, 4) is 11.1 Å². The molecule has 188 valence electrons. The van der Waals surface area contributed by atoms with Crippen LogP contribution < -0.4 is 5.32 Å². The molecule has 1 N–H and O–H groups in total. The van der Waals surface area contributed by atoms with E-state index < -0.39 is 15.9 Å². The predicted octanol–water partition coefficient (Wildman–Crippen LogP) is 5.45. The van der Waals surface area contributed by atoms with Gasteiger partial charge in [-0.05, 0) is 73.7 Å². The summed E-state index contributed by atoms with van der Waals surface area (Å²) in [5.74, 6) is -0.443. The van der Waals surface area contributed by atoms with Gasteiger partial charge < -0.3 is 10.2 Å². The van der Waals surface area contributed by atoms with Gasteiger partial charge in [-0.3, -0.25) is 9.59 Å². The molecule has 0 bridgehead atoms. The third-order valence-electron chi connectivity index (χ3n) is 6.42. The van der Waals surface area contributed by atoms with E-state index in [2.05, 4.69) is 5.32 Å². The number of likely N-dealkylation sites (tertiary alicyclic amines) is 1. The summed E-state index contributed by atoms with van der Waals surface area (Å²) < 4.78 is 24.1. The number of carbonyl (C=O) groups is 2. The van der Waals surface area contributed by atoms with Gasteiger partial charge in [0.2, 0.25) is 0 Å². The maximum absolute atomic E-state index is 13.3. The van der Waals surface area contributed by atoms with Gasteiger partial charge in [0, 0.05) is 30.5 Å². The summed E-state index contributed by atoms with van der Waals surface area (Å²) in [5.41, 5.74) is 4.25. The van der Waals surface area contributed by atoms with Crippen molar-refractivity contribution >= 4 is 33.3 Å². The molecule has 6 nitrogen and oxygen atoms in total. The molecular weight excluding hydrogens is 496 g/mol. The number of halogens is 1. The van der Waals surface area contributed by atoms with Gasteiger partial charge in [-0.25, -0.2) is 8.42 Å². The van der Waals surface area contributed by atoms with Gasteiger partial charge in [0.05, 0.1) is 16.0 Å². The lowest BCUT2D eigenvalue weighted by atomic mass is 9.97. The molecule has 0 aliphatic carbocycles. The molecule has 1 saturated heterocycles. The zero-order chi connectivity index (χ0) is 26.0. The lowest BCUT2D eigenvalue weighted by molar-refractivity contribution is 0.0793. The molecule has 0 spiro atoms. The van der Waals surface area contributed by atoms with Crippen LogP contribution in [0.4, 0.5) is 0 Å². The Balaban J connectivity index is 1.67. The summed E-state index contributed by atoms with van der Waals surface area (Å²) in [6, 6.07) is 17.4. The van der Waals surface area contributed by atoms with Crippen LogP contribution in [-0.4, -0.2) is 44.5 Å². The van der Waals surface area contributed by atoms with Crippen LogP contribution in [0.1, 0.15) is 57.7 Å². The van der Waals surface area contributed by atoms with Crippen molar-refractivity contribution in [2.45, 2.75) is 37.6 Å². The zero-order valence-corrected chi connectivity index (χ0v) is 22.1. The first-order valence-corrected chi connectivity index (χ1v) is 14.1. The number of hydrogen-bond acceptors (Lipinski definition) is 4. The van der Waals surface area contributed by atoms with Crippen LogP contribution in [0.3, 0.4) is 0 Å². The second kappa shape index (κ2) is 10.4. The first kappa shape index (κ1) is 25.9. The van der Waals surface area contributed by atoms with Crippen LogP contribution in [0, 0.1) is 6.92 Å². The van der Waals surface area contributed by atoms with Crippen molar-refractivity contribution in [1.29, 1.82) is 0 Å². The number of benzene rings is 3. The van der Waals surface area contributed by atoms with Crippen molar-refractivity contribution < 1.29 is 18.0 Å². The minimum atomic E-state index is -3.52. The molecule has 4 rings (SSSR count). The standard InChI is InChI=1S/C28H29ClN2O4S/c1-18-6-8-20(9-7-18)22-14-23(16-24(15-22)28(33)31-12-4-5-13-31)27(32)30-19(2)21-10-11-25(29)26(17-21)36(3,34)35/h6-11,14-17,19H,4-5,12-13H2,1-3H3,(H,30,32). The number of aryl methyl sites for hydroxylation is 1. The molecule has 36 heavy (non-hydrogen) atoms. The fourth-order valence-electron chi connectivity index (χ4n) is 4.33. The van der Waals surface area contributed by atoms with E-state index in [1.807, 2.05) is 42.2 Å². The highest BCUT2D eigenvalue weighted by atomic mass is 35.5. The van der Waals surface area contributed by atoms with Gasteiger partial charge in [0.1, 0.15) is 0 Å². The third-order valence-corrected chi connectivity index (χ3v) is 8.00. The molecule has 2 amide bonds. The van der Waals surface area contributed by atoms with E-state index in [0.717, 1.165) is 35.8 Å². The van der Waals surface area contributed by atoms with Gasteiger partial charge >= 0.3 is 0 Å². The molecule has 0 aromatic heterocycles. The monoisotopic (exact) mass is 524 g/mol. The smallest absolute Gasteiger partial charge is 0.253 e. The van der Waals surface area contributed by atoms with E-state index in [9.17, 15) is 18.0 Å². The quantitative estimate of drug-likeness (QED) is 0.465. The van der Waals surface area contributed by atoms with E-state index in [1.54, 1.807) is 25.1 Å². The summed E-state index contributed by atoms with van der Waals surface area (Å²) in [7, 11) is -3.52. The predicted molar refractivity (Wildman–Crippen MR) is 142 cm³/mol. The molecule has 1 fully saturated rings. The second-order valence-electron chi connectivity index (χ2n) is 9.32. The van der Waals surface area contributed by atoms with E-state index in [4.69, 9.17) is 11.6 Å². The SMILES string of the molecule is Cc1ccc(-c2cc(C(=O)NC(C)c3ccc(Cl)c(S(C)(=O)=O)c3)cc(C(=O)N3CCCC3)c2)cc1. The number of carbonyl (C=O) groups excluding carboxylic acids is 2. The number of sulfone groups is 1. The highest BCUT2D eigenvalue weighted by Crippen LogP contribution is 2.27. The maximum atomic E-state index is 13.3. The topological polar surface area (TPSA) is 83.5 Å². The molecular formula is C28H29ClN2O4S. The molecule has 8 heteroatoms. The highest BCUT2D eigenvalue weighted by molar-refractivity contribution is 7.90. The Morgan fingerprint density at radius 2 is 1.56 bits per heavy atom. The van der Waals surface area contributed by atoms with Crippen molar-refractivity contribution in [2.75, 3.05) is 19.3 Å². The van der Waals surface area contributed by atoms with Crippen molar-refractivity contribution in [2.24, 2.45) is 0 Å². The number of nitrogens with one attached hydrogen (secondary N) is 1. The average Bonchev–Trinajstić information content (AvgIpc) is 3.38. The average molecular weight is 525 g/mol. The Morgan fingerprint density at radius 1 is 0.917 bits per heavy atom. The lowest BCUT2D eigenvalue weighted by Gasteiger charge is -2.19. The van der Waals surface area contributed by atoms with E-state index in [-0.39, 0.29) is 21.7 Å². The number of amides is 2. The molecule has 1 heterocycles. The maximum Gasteiger partial charge on any atom is 0.253 e. The Labute approximate surface area is 217 Å². The van der Waals surface area contributed by atoms with Crippen LogP contribution in [-0.2, 0) is 9.84 Å². The van der Waals surface area contributed by atoms with Crippen molar-refractivity contribution in [3.05, 3.63) is 87.9 Å². The molecule has 1 atom stereocenters. The second-order valence-corrected chi connectivity index (χ2v) is 11.7. The van der Waals surface area contributed by atoms with Crippen molar-refractivity contribution in [1.82, 2.24) is 10.2 Å². The van der Waals surface area contributed by atoms with Crippen LogP contribution >= 0.6 is 11.6 Å². The molecule has 3 aromatic rings. The number of rotatable bonds is 6. The van der Waals surface area contributed by atoms with Gasteiger partial charge in [0.25, 0.3) is 11.8 Å². The summed E-state index contributed by atoms with van der Waals surface area (Å²) in [6.07, 6.45) is 3.05. The Hall–Kier alpha value is -3.16. The zero-order valence-electron chi connectivity index (χ0n) is 20.5. The molecule has 0 saturated carbocycles. The molecule has 1 aliphatic rings. The summed E-state index contributed by atoms with van der Waals surface area (Å²) >= 11 is 6.07. The fraction of sp³-hybridized carbons (Fsp3) is 0.286. The Bertz CT molecular complexity index is 1410. The summed E-state index contributed by atoms with van der Waals surface area (Å²) in [6.45, 7) is 5.20. The van der Waals surface area contributed by atoms with E-state index in [1.165, 1.54) is 12.1 Å². The van der Waals surface area contributed by atoms with Gasteiger partial charge in [-0.15, -0.1) is 0 Å². The van der Waals surface area contributed by atoms with Crippen LogP contribution in [0.25, 0.3) is 11.1 Å². The minimum Gasteiger partial charge on any atom is -0.346 e. The molecule has 3 aromatic carbocycles. The van der Waals surface area contributed by atoms with Crippen LogP contribution in [0.2, 0.25) is 5.02 Å². The first-order chi connectivity index (χ1) is 17.0. The van der Waals surface area contributed by atoms with E-state index >= 15 is 0 Å². The molecule has 0 radical (unpaired) electrons. The van der Waals surface area contributed by atoms with Gasteiger partial charge in [0.15, 0.2) is 9.84 Å². The summed E-state index contributed by atoms with van der Waals surface area (Å²) in [4.78, 5) is 28.4. The highest BCUT2D eigenvalue weighted by Gasteiger charge is 2.23. The minimum absolute atomic E-state index is 0.0163. The van der Waals surface area contributed by atoms with Crippen LogP contribution in [0.5, 0.6) is 0 Å².